The Kier molecular flexibility index (Phi) is 6.99. The summed E-state index contributed by atoms with van der Waals surface area (Å²) >= 11 is 8.29. The third-order valence-corrected chi connectivity index (χ3v) is 9.59. The van der Waals surface area contributed by atoms with E-state index in [9.17, 15) is 19.2 Å². The number of rotatable bonds is 6. The van der Waals surface area contributed by atoms with Gasteiger partial charge in [-0.1, -0.05) is 65.0 Å². The minimum absolute atomic E-state index is 0.176. The van der Waals surface area contributed by atoms with E-state index >= 15 is 0 Å². The zero-order chi connectivity index (χ0) is 28.0. The third-order valence-electron chi connectivity index (χ3n) is 6.94. The molecule has 3 heterocycles. The van der Waals surface area contributed by atoms with Crippen molar-refractivity contribution >= 4 is 63.8 Å². The molecule has 0 unspecified atom stereocenters. The van der Waals surface area contributed by atoms with Crippen LogP contribution in [0.4, 0.5) is 11.4 Å². The Hall–Kier alpha value is -3.86. The molecule has 2 aliphatic heterocycles. The first-order valence-corrected chi connectivity index (χ1v) is 14.5. The number of H-pyrrole nitrogens is 1. The third kappa shape index (κ3) is 4.83. The number of nitrogens with one attached hydrogen (secondary N) is 2. The monoisotopic (exact) mass is 591 g/mol. The van der Waals surface area contributed by atoms with Crippen molar-refractivity contribution in [1.29, 1.82) is 0 Å². The summed E-state index contributed by atoms with van der Waals surface area (Å²) in [5.74, 6) is -1.66. The number of imide groups is 1. The number of aromatic nitrogens is 1. The Bertz CT molecular complexity index is 1680. The van der Waals surface area contributed by atoms with Crippen LogP contribution in [0.15, 0.2) is 82.6 Å². The van der Waals surface area contributed by atoms with Crippen molar-refractivity contribution in [1.82, 2.24) is 4.98 Å². The van der Waals surface area contributed by atoms with Crippen molar-refractivity contribution < 1.29 is 19.1 Å². The van der Waals surface area contributed by atoms with Gasteiger partial charge in [0.15, 0.2) is 6.61 Å². The number of hydrogen-bond acceptors (Lipinski definition) is 7. The highest BCUT2D eigenvalue weighted by molar-refractivity contribution is 8.00. The fourth-order valence-corrected chi connectivity index (χ4v) is 7.68. The molecule has 1 fully saturated rings. The molecule has 8 nitrogen and oxygen atoms in total. The van der Waals surface area contributed by atoms with Crippen molar-refractivity contribution in [3.63, 3.8) is 0 Å². The average molecular weight is 592 g/mol. The number of hydrogen-bond donors (Lipinski definition) is 2. The summed E-state index contributed by atoms with van der Waals surface area (Å²) in [4.78, 5) is 56.5. The van der Waals surface area contributed by atoms with E-state index < -0.39 is 17.1 Å². The van der Waals surface area contributed by atoms with E-state index in [4.69, 9.17) is 16.3 Å². The van der Waals surface area contributed by atoms with E-state index in [1.807, 2.05) is 43.3 Å². The van der Waals surface area contributed by atoms with Gasteiger partial charge in [0.1, 0.15) is 11.0 Å². The van der Waals surface area contributed by atoms with Gasteiger partial charge in [-0.3, -0.25) is 19.2 Å². The fraction of sp³-hybridized carbons (Fsp3) is 0.172. The molecule has 3 atom stereocenters. The summed E-state index contributed by atoms with van der Waals surface area (Å²) in [7, 11) is 0. The lowest BCUT2D eigenvalue weighted by Crippen LogP contribution is -2.32. The van der Waals surface area contributed by atoms with Gasteiger partial charge in [-0.05, 0) is 60.5 Å². The molecule has 6 rings (SSSR count). The van der Waals surface area contributed by atoms with Crippen LogP contribution >= 0.6 is 34.7 Å². The summed E-state index contributed by atoms with van der Waals surface area (Å²) in [5, 5.41) is 3.25. The lowest BCUT2D eigenvalue weighted by atomic mass is 9.83. The smallest absolute Gasteiger partial charge is 0.305 e. The number of thiazole rings is 1. The molecule has 4 aromatic rings. The SMILES string of the molecule is Cc1ccccc1NC(=O)COc1ccc([C@@H]2c3sc(=O)[nH]c3S[C@H]3C(=O)N(c4ccc(Cl)cc4)C(=O)[C@@H]23)cc1. The molecule has 0 saturated carbocycles. The molecular formula is C29H22ClN3O5S2. The van der Waals surface area contributed by atoms with Crippen LogP contribution in [-0.4, -0.2) is 34.6 Å². The number of benzene rings is 3. The number of fused-ring (bicyclic) bond motifs is 2. The van der Waals surface area contributed by atoms with Gasteiger partial charge >= 0.3 is 4.87 Å². The Morgan fingerprint density at radius 2 is 1.73 bits per heavy atom. The first-order chi connectivity index (χ1) is 19.3. The molecule has 40 heavy (non-hydrogen) atoms. The number of nitrogens with zero attached hydrogens (tertiary/aromatic N) is 1. The van der Waals surface area contributed by atoms with Crippen LogP contribution in [0.25, 0.3) is 0 Å². The number of aromatic amines is 1. The van der Waals surface area contributed by atoms with Crippen molar-refractivity contribution in [3.8, 4) is 5.75 Å². The van der Waals surface area contributed by atoms with Gasteiger partial charge in [0.25, 0.3) is 5.91 Å². The Balaban J connectivity index is 1.25. The summed E-state index contributed by atoms with van der Waals surface area (Å²) in [5.41, 5.74) is 2.89. The van der Waals surface area contributed by atoms with Gasteiger partial charge in [-0.15, -0.1) is 0 Å². The van der Waals surface area contributed by atoms with Crippen molar-refractivity contribution in [2.75, 3.05) is 16.8 Å². The second-order valence-electron chi connectivity index (χ2n) is 9.46. The minimum Gasteiger partial charge on any atom is -0.484 e. The molecule has 3 amide bonds. The van der Waals surface area contributed by atoms with E-state index in [0.717, 1.165) is 33.0 Å². The number of thioether (sulfide) groups is 1. The number of carbonyl (C=O) groups is 3. The van der Waals surface area contributed by atoms with Gasteiger partial charge in [0.2, 0.25) is 11.8 Å². The van der Waals surface area contributed by atoms with E-state index in [1.54, 1.807) is 36.4 Å². The van der Waals surface area contributed by atoms with Crippen LogP contribution in [0.2, 0.25) is 5.02 Å². The molecule has 1 saturated heterocycles. The lowest BCUT2D eigenvalue weighted by Gasteiger charge is -2.29. The van der Waals surface area contributed by atoms with Crippen molar-refractivity contribution in [3.05, 3.63) is 103 Å². The molecule has 0 radical (unpaired) electrons. The van der Waals surface area contributed by atoms with Crippen molar-refractivity contribution in [2.45, 2.75) is 23.1 Å². The van der Waals surface area contributed by atoms with Gasteiger partial charge in [-0.2, -0.15) is 0 Å². The molecule has 202 valence electrons. The quantitative estimate of drug-likeness (QED) is 0.298. The Morgan fingerprint density at radius 1 is 1.00 bits per heavy atom. The predicted octanol–water partition coefficient (Wildman–Crippen LogP) is 5.21. The number of amides is 3. The average Bonchev–Trinajstić information content (AvgIpc) is 3.44. The molecular weight excluding hydrogens is 570 g/mol. The molecule has 1 aromatic heterocycles. The number of para-hydroxylation sites is 1. The number of ether oxygens (including phenoxy) is 1. The molecule has 0 spiro atoms. The van der Waals surface area contributed by atoms with Gasteiger partial charge in [0.05, 0.1) is 16.6 Å². The Morgan fingerprint density at radius 3 is 2.45 bits per heavy atom. The lowest BCUT2D eigenvalue weighted by molar-refractivity contribution is -0.122. The maximum atomic E-state index is 13.8. The molecule has 0 bridgehead atoms. The van der Waals surface area contributed by atoms with Gasteiger partial charge < -0.3 is 15.0 Å². The summed E-state index contributed by atoms with van der Waals surface area (Å²) in [6.07, 6.45) is 0. The van der Waals surface area contributed by atoms with E-state index in [1.165, 1.54) is 16.7 Å². The number of aryl methyl sites for hydroxylation is 1. The highest BCUT2D eigenvalue weighted by atomic mass is 35.5. The molecule has 0 aliphatic carbocycles. The second-order valence-corrected chi connectivity index (χ2v) is 12.1. The van der Waals surface area contributed by atoms with Crippen molar-refractivity contribution in [2.24, 2.45) is 5.92 Å². The van der Waals surface area contributed by atoms with E-state index in [-0.39, 0.29) is 29.2 Å². The van der Waals surface area contributed by atoms with E-state index in [2.05, 4.69) is 10.3 Å². The summed E-state index contributed by atoms with van der Waals surface area (Å²) in [6, 6.07) is 21.1. The summed E-state index contributed by atoms with van der Waals surface area (Å²) in [6.45, 7) is 1.73. The topological polar surface area (TPSA) is 109 Å². The maximum Gasteiger partial charge on any atom is 0.305 e. The largest absolute Gasteiger partial charge is 0.484 e. The van der Waals surface area contributed by atoms with Crippen LogP contribution in [-0.2, 0) is 14.4 Å². The number of anilines is 2. The highest BCUT2D eigenvalue weighted by Gasteiger charge is 2.56. The highest BCUT2D eigenvalue weighted by Crippen LogP contribution is 2.53. The number of carbonyl (C=O) groups excluding carboxylic acids is 3. The Labute approximate surface area is 242 Å². The summed E-state index contributed by atoms with van der Waals surface area (Å²) < 4.78 is 5.70. The number of halogens is 1. The zero-order valence-corrected chi connectivity index (χ0v) is 23.4. The van der Waals surface area contributed by atoms with Crippen LogP contribution < -0.4 is 19.8 Å². The predicted molar refractivity (Wildman–Crippen MR) is 156 cm³/mol. The first-order valence-electron chi connectivity index (χ1n) is 12.4. The van der Waals surface area contributed by atoms with Crippen LogP contribution in [0.5, 0.6) is 5.75 Å². The van der Waals surface area contributed by atoms with Crippen LogP contribution in [0.3, 0.4) is 0 Å². The molecule has 11 heteroatoms. The molecule has 2 N–H and O–H groups in total. The standard InChI is InChI=1S/C29H22ClN3O5S2/c1-15-4-2-3-5-20(15)31-21(34)14-38-19-12-6-16(7-13-19)22-23-25(39-26-24(22)40-29(37)32-26)28(36)33(27(23)35)18-10-8-17(30)9-11-18/h2-13,22-23,25H,14H2,1H3,(H,31,34)(H,32,37)/t22-,23-,25+/m0/s1. The molecule has 2 aliphatic rings. The van der Waals surface area contributed by atoms with Crippen LogP contribution in [0.1, 0.15) is 21.9 Å². The maximum absolute atomic E-state index is 13.8. The van der Waals surface area contributed by atoms with E-state index in [0.29, 0.717) is 21.5 Å². The first kappa shape index (κ1) is 26.4. The molecule has 3 aromatic carbocycles. The van der Waals surface area contributed by atoms with Gasteiger partial charge in [0, 0.05) is 21.5 Å². The van der Waals surface area contributed by atoms with Crippen LogP contribution in [0, 0.1) is 12.8 Å². The second kappa shape index (κ2) is 10.6. The normalized spacial score (nSPS) is 19.8. The zero-order valence-electron chi connectivity index (χ0n) is 21.1. The van der Waals surface area contributed by atoms with Gasteiger partial charge in [-0.25, -0.2) is 4.90 Å². The minimum atomic E-state index is -0.696. The fourth-order valence-electron chi connectivity index (χ4n) is 5.04.